The average molecular weight is 298 g/mol. The molecule has 0 aliphatic carbocycles. The number of carboxylic acids is 1. The van der Waals surface area contributed by atoms with Crippen LogP contribution in [0.3, 0.4) is 0 Å². The van der Waals surface area contributed by atoms with Crippen LogP contribution >= 0.6 is 0 Å². The van der Waals surface area contributed by atoms with E-state index in [0.29, 0.717) is 11.3 Å². The molecule has 0 aliphatic rings. The van der Waals surface area contributed by atoms with Gasteiger partial charge >= 0.3 is 5.97 Å². The van der Waals surface area contributed by atoms with Crippen molar-refractivity contribution >= 4 is 17.4 Å². The van der Waals surface area contributed by atoms with Gasteiger partial charge in [0.1, 0.15) is 17.2 Å². The standard InChI is InChI=1S/C16H11FN2O3/c17-12-5-4-10(16(21)22)7-11(12)8-14(20)13-9-18-15-3-1-2-6-19(13)15/h1-7,9H,8H2,(H,21,22). The van der Waals surface area contributed by atoms with Crippen LogP contribution in [0.4, 0.5) is 4.39 Å². The zero-order valence-electron chi connectivity index (χ0n) is 11.4. The first-order valence-electron chi connectivity index (χ1n) is 6.53. The fraction of sp³-hybridized carbons (Fsp3) is 0.0625. The van der Waals surface area contributed by atoms with Crippen molar-refractivity contribution in [2.45, 2.75) is 6.42 Å². The lowest BCUT2D eigenvalue weighted by atomic mass is 10.0. The van der Waals surface area contributed by atoms with Crippen molar-refractivity contribution in [2.75, 3.05) is 0 Å². The number of carbonyl (C=O) groups excluding carboxylic acids is 1. The van der Waals surface area contributed by atoms with Crippen molar-refractivity contribution in [3.8, 4) is 0 Å². The quantitative estimate of drug-likeness (QED) is 0.751. The first kappa shape index (κ1) is 13.9. The maximum Gasteiger partial charge on any atom is 0.335 e. The van der Waals surface area contributed by atoms with Gasteiger partial charge in [0, 0.05) is 12.6 Å². The molecular weight excluding hydrogens is 287 g/mol. The Morgan fingerprint density at radius 3 is 2.82 bits per heavy atom. The van der Waals surface area contributed by atoms with Gasteiger partial charge in [0.15, 0.2) is 5.78 Å². The number of benzene rings is 1. The lowest BCUT2D eigenvalue weighted by molar-refractivity contribution is 0.0696. The molecule has 0 bridgehead atoms. The van der Waals surface area contributed by atoms with Crippen LogP contribution in [0.2, 0.25) is 0 Å². The Labute approximate surface area is 124 Å². The molecule has 2 heterocycles. The summed E-state index contributed by atoms with van der Waals surface area (Å²) in [6.45, 7) is 0. The van der Waals surface area contributed by atoms with Crippen LogP contribution in [0.15, 0.2) is 48.8 Å². The summed E-state index contributed by atoms with van der Waals surface area (Å²) in [6.07, 6.45) is 2.89. The van der Waals surface area contributed by atoms with Crippen LogP contribution in [-0.4, -0.2) is 26.2 Å². The Morgan fingerprint density at radius 2 is 2.05 bits per heavy atom. The minimum atomic E-state index is -1.16. The molecule has 0 saturated heterocycles. The molecule has 2 aromatic heterocycles. The number of imidazole rings is 1. The van der Waals surface area contributed by atoms with E-state index in [0.717, 1.165) is 6.07 Å². The van der Waals surface area contributed by atoms with E-state index in [9.17, 15) is 14.0 Å². The number of carboxylic acid groups (broad SMARTS) is 1. The second-order valence-electron chi connectivity index (χ2n) is 4.78. The summed E-state index contributed by atoms with van der Waals surface area (Å²) in [5, 5.41) is 8.94. The Morgan fingerprint density at radius 1 is 1.23 bits per heavy atom. The molecule has 1 N–H and O–H groups in total. The lowest BCUT2D eigenvalue weighted by Crippen LogP contribution is -2.09. The number of pyridine rings is 1. The van der Waals surface area contributed by atoms with E-state index in [1.54, 1.807) is 28.8 Å². The Kier molecular flexibility index (Phi) is 3.42. The van der Waals surface area contributed by atoms with Crippen molar-refractivity contribution in [3.63, 3.8) is 0 Å². The SMILES string of the molecule is O=C(O)c1ccc(F)c(CC(=O)c2cnc3ccccn23)c1. The monoisotopic (exact) mass is 298 g/mol. The first-order valence-corrected chi connectivity index (χ1v) is 6.53. The van der Waals surface area contributed by atoms with Gasteiger partial charge in [0.05, 0.1) is 11.8 Å². The molecule has 5 nitrogen and oxygen atoms in total. The number of nitrogens with zero attached hydrogens (tertiary/aromatic N) is 2. The zero-order valence-corrected chi connectivity index (χ0v) is 11.4. The van der Waals surface area contributed by atoms with E-state index >= 15 is 0 Å². The molecule has 0 aliphatic heterocycles. The van der Waals surface area contributed by atoms with E-state index in [1.165, 1.54) is 18.3 Å². The van der Waals surface area contributed by atoms with E-state index in [1.807, 2.05) is 0 Å². The van der Waals surface area contributed by atoms with Gasteiger partial charge in [-0.25, -0.2) is 14.2 Å². The van der Waals surface area contributed by atoms with Crippen LogP contribution in [0.1, 0.15) is 26.4 Å². The van der Waals surface area contributed by atoms with Crippen LogP contribution in [0, 0.1) is 5.82 Å². The molecule has 0 amide bonds. The third-order valence-corrected chi connectivity index (χ3v) is 3.35. The number of carbonyl (C=O) groups is 2. The number of Topliss-reactive ketones (excluding diaryl/α,β-unsaturated/α-hetero) is 1. The number of aromatic nitrogens is 2. The largest absolute Gasteiger partial charge is 0.478 e. The average Bonchev–Trinajstić information content (AvgIpc) is 2.93. The maximum atomic E-state index is 13.8. The highest BCUT2D eigenvalue weighted by molar-refractivity contribution is 5.97. The van der Waals surface area contributed by atoms with Crippen LogP contribution < -0.4 is 0 Å². The number of hydrogen-bond acceptors (Lipinski definition) is 3. The van der Waals surface area contributed by atoms with E-state index in [2.05, 4.69) is 4.98 Å². The molecule has 0 fully saturated rings. The smallest absolute Gasteiger partial charge is 0.335 e. The number of fused-ring (bicyclic) bond motifs is 1. The van der Waals surface area contributed by atoms with Gasteiger partial charge < -0.3 is 5.11 Å². The second-order valence-corrected chi connectivity index (χ2v) is 4.78. The molecule has 110 valence electrons. The zero-order chi connectivity index (χ0) is 15.7. The van der Waals surface area contributed by atoms with Gasteiger partial charge in [-0.15, -0.1) is 0 Å². The summed E-state index contributed by atoms with van der Waals surface area (Å²) in [4.78, 5) is 27.4. The van der Waals surface area contributed by atoms with Gasteiger partial charge in [0.25, 0.3) is 0 Å². The molecule has 1 aromatic carbocycles. The summed E-state index contributed by atoms with van der Waals surface area (Å²) in [6, 6.07) is 8.71. The third kappa shape index (κ3) is 2.46. The van der Waals surface area contributed by atoms with Crippen molar-refractivity contribution in [3.05, 3.63) is 71.4 Å². The van der Waals surface area contributed by atoms with E-state index in [-0.39, 0.29) is 23.3 Å². The molecule has 0 atom stereocenters. The normalized spacial score (nSPS) is 10.8. The molecule has 0 saturated carbocycles. The number of hydrogen-bond donors (Lipinski definition) is 1. The van der Waals surface area contributed by atoms with Gasteiger partial charge in [-0.2, -0.15) is 0 Å². The highest BCUT2D eigenvalue weighted by Crippen LogP contribution is 2.15. The molecule has 0 unspecified atom stereocenters. The summed E-state index contributed by atoms with van der Waals surface area (Å²) in [5.41, 5.74) is 0.944. The maximum absolute atomic E-state index is 13.8. The third-order valence-electron chi connectivity index (χ3n) is 3.35. The minimum absolute atomic E-state index is 0.0516. The van der Waals surface area contributed by atoms with Crippen molar-refractivity contribution in [1.82, 2.24) is 9.38 Å². The molecule has 3 aromatic rings. The Hall–Kier alpha value is -3.02. The second kappa shape index (κ2) is 5.40. The van der Waals surface area contributed by atoms with Crippen LogP contribution in [-0.2, 0) is 6.42 Å². The van der Waals surface area contributed by atoms with Gasteiger partial charge in [-0.05, 0) is 35.9 Å². The fourth-order valence-corrected chi connectivity index (χ4v) is 2.25. The first-order chi connectivity index (χ1) is 10.6. The molecule has 22 heavy (non-hydrogen) atoms. The number of ketones is 1. The Bertz CT molecular complexity index is 886. The highest BCUT2D eigenvalue weighted by Gasteiger charge is 2.16. The van der Waals surface area contributed by atoms with E-state index < -0.39 is 11.8 Å². The summed E-state index contributed by atoms with van der Waals surface area (Å²) in [7, 11) is 0. The Balaban J connectivity index is 1.94. The predicted octanol–water partition coefficient (Wildman–Crippen LogP) is 2.60. The predicted molar refractivity (Wildman–Crippen MR) is 76.6 cm³/mol. The van der Waals surface area contributed by atoms with Crippen molar-refractivity contribution < 1.29 is 19.1 Å². The number of halogens is 1. The number of rotatable bonds is 4. The van der Waals surface area contributed by atoms with E-state index in [4.69, 9.17) is 5.11 Å². The highest BCUT2D eigenvalue weighted by atomic mass is 19.1. The van der Waals surface area contributed by atoms with Gasteiger partial charge in [0.2, 0.25) is 0 Å². The molecule has 0 radical (unpaired) electrons. The molecular formula is C16H11FN2O3. The van der Waals surface area contributed by atoms with Gasteiger partial charge in [-0.1, -0.05) is 6.07 Å². The van der Waals surface area contributed by atoms with Crippen LogP contribution in [0.5, 0.6) is 0 Å². The molecule has 0 spiro atoms. The fourth-order valence-electron chi connectivity index (χ4n) is 2.25. The summed E-state index contributed by atoms with van der Waals surface area (Å²) < 4.78 is 15.4. The molecule has 6 heteroatoms. The summed E-state index contributed by atoms with van der Waals surface area (Å²) >= 11 is 0. The number of aromatic carboxylic acids is 1. The van der Waals surface area contributed by atoms with Crippen LogP contribution in [0.25, 0.3) is 5.65 Å². The lowest BCUT2D eigenvalue weighted by Gasteiger charge is -2.04. The van der Waals surface area contributed by atoms with Crippen molar-refractivity contribution in [1.29, 1.82) is 0 Å². The van der Waals surface area contributed by atoms with Crippen molar-refractivity contribution in [2.24, 2.45) is 0 Å². The minimum Gasteiger partial charge on any atom is -0.478 e. The topological polar surface area (TPSA) is 71.7 Å². The summed E-state index contributed by atoms with van der Waals surface area (Å²) in [5.74, 6) is -2.10. The molecule has 3 rings (SSSR count). The van der Waals surface area contributed by atoms with Gasteiger partial charge in [-0.3, -0.25) is 9.20 Å².